The van der Waals surface area contributed by atoms with Crippen LogP contribution in [0.1, 0.15) is 16.8 Å². The zero-order chi connectivity index (χ0) is 21.4. The summed E-state index contributed by atoms with van der Waals surface area (Å²) in [6.45, 7) is 3.20. The van der Waals surface area contributed by atoms with Crippen LogP contribution in [-0.2, 0) is 23.7 Å². The third-order valence-corrected chi connectivity index (χ3v) is 4.13. The minimum atomic E-state index is -4.62. The van der Waals surface area contributed by atoms with Gasteiger partial charge in [0.05, 0.1) is 28.9 Å². The van der Waals surface area contributed by atoms with Crippen LogP contribution in [0.3, 0.4) is 0 Å². The van der Waals surface area contributed by atoms with E-state index in [4.69, 9.17) is 0 Å². The summed E-state index contributed by atoms with van der Waals surface area (Å²) < 4.78 is 78.8. The fourth-order valence-electron chi connectivity index (χ4n) is 2.70. The summed E-state index contributed by atoms with van der Waals surface area (Å²) in [7, 11) is 0. The number of fused-ring (bicyclic) bond motifs is 1. The first-order valence-corrected chi connectivity index (χ1v) is 8.17. The fourth-order valence-corrected chi connectivity index (χ4v) is 2.70. The standard InChI is InChI=1S/C19H13F6N3O/c1-2-16(29)26-9-14-15-8-7-13(19(23,24)25)10-28(15)17(27-14)11-3-5-12(6-4-11)18(20,21)22/h2-8,10H,1,9H2,(H,26,29). The molecule has 0 bridgehead atoms. The zero-order valence-corrected chi connectivity index (χ0v) is 14.6. The van der Waals surface area contributed by atoms with Crippen LogP contribution in [-0.4, -0.2) is 15.3 Å². The Morgan fingerprint density at radius 1 is 1.00 bits per heavy atom. The number of benzene rings is 1. The van der Waals surface area contributed by atoms with Gasteiger partial charge in [-0.05, 0) is 30.3 Å². The first kappa shape index (κ1) is 20.4. The number of carbonyl (C=O) groups excluding carboxylic acids is 1. The molecule has 0 radical (unpaired) electrons. The highest BCUT2D eigenvalue weighted by atomic mass is 19.4. The smallest absolute Gasteiger partial charge is 0.347 e. The molecule has 1 amide bonds. The number of pyridine rings is 1. The number of amides is 1. The summed E-state index contributed by atoms with van der Waals surface area (Å²) in [5.41, 5.74) is -1.12. The van der Waals surface area contributed by atoms with E-state index in [1.165, 1.54) is 6.07 Å². The van der Waals surface area contributed by atoms with Crippen LogP contribution in [0.2, 0.25) is 0 Å². The molecule has 0 atom stereocenters. The van der Waals surface area contributed by atoms with Gasteiger partial charge >= 0.3 is 12.4 Å². The maximum Gasteiger partial charge on any atom is 0.417 e. The van der Waals surface area contributed by atoms with Gasteiger partial charge in [0.15, 0.2) is 0 Å². The number of rotatable bonds is 4. The molecular weight excluding hydrogens is 400 g/mol. The Morgan fingerprint density at radius 3 is 2.14 bits per heavy atom. The van der Waals surface area contributed by atoms with E-state index < -0.39 is 29.4 Å². The highest BCUT2D eigenvalue weighted by molar-refractivity contribution is 5.86. The van der Waals surface area contributed by atoms with Crippen LogP contribution in [0.5, 0.6) is 0 Å². The summed E-state index contributed by atoms with van der Waals surface area (Å²) in [4.78, 5) is 15.6. The molecule has 1 aromatic carbocycles. The summed E-state index contributed by atoms with van der Waals surface area (Å²) in [5.74, 6) is -0.489. The molecule has 29 heavy (non-hydrogen) atoms. The third-order valence-electron chi connectivity index (χ3n) is 4.13. The molecule has 0 aliphatic heterocycles. The molecule has 1 N–H and O–H groups in total. The molecule has 0 fully saturated rings. The number of aromatic nitrogens is 2. The number of hydrogen-bond acceptors (Lipinski definition) is 2. The molecule has 4 nitrogen and oxygen atoms in total. The lowest BCUT2D eigenvalue weighted by molar-refractivity contribution is -0.138. The molecular formula is C19H13F6N3O. The normalized spacial score (nSPS) is 12.2. The van der Waals surface area contributed by atoms with E-state index in [9.17, 15) is 31.1 Å². The van der Waals surface area contributed by atoms with E-state index in [1.54, 1.807) is 0 Å². The molecule has 2 aromatic heterocycles. The van der Waals surface area contributed by atoms with Crippen LogP contribution in [0.15, 0.2) is 55.3 Å². The van der Waals surface area contributed by atoms with Crippen LogP contribution in [0, 0.1) is 0 Å². The molecule has 0 saturated carbocycles. The van der Waals surface area contributed by atoms with Crippen molar-refractivity contribution in [3.63, 3.8) is 0 Å². The maximum absolute atomic E-state index is 13.1. The van der Waals surface area contributed by atoms with Gasteiger partial charge in [-0.25, -0.2) is 4.98 Å². The molecule has 2 heterocycles. The van der Waals surface area contributed by atoms with Crippen LogP contribution < -0.4 is 5.32 Å². The molecule has 0 saturated heterocycles. The summed E-state index contributed by atoms with van der Waals surface area (Å²) in [6, 6.07) is 5.96. The molecule has 152 valence electrons. The maximum atomic E-state index is 13.1. The number of carbonyl (C=O) groups is 1. The Kier molecular flexibility index (Phi) is 5.12. The van der Waals surface area contributed by atoms with Gasteiger partial charge in [0.1, 0.15) is 5.82 Å². The van der Waals surface area contributed by atoms with Crippen molar-refractivity contribution >= 4 is 11.4 Å². The van der Waals surface area contributed by atoms with Crippen LogP contribution in [0.4, 0.5) is 26.3 Å². The Morgan fingerprint density at radius 2 is 1.59 bits per heavy atom. The summed E-state index contributed by atoms with van der Waals surface area (Å²) in [5, 5.41) is 2.48. The van der Waals surface area contributed by atoms with Crippen molar-refractivity contribution in [1.29, 1.82) is 0 Å². The van der Waals surface area contributed by atoms with Crippen molar-refractivity contribution in [3.05, 3.63) is 72.1 Å². The van der Waals surface area contributed by atoms with Crippen molar-refractivity contribution in [2.75, 3.05) is 0 Å². The van der Waals surface area contributed by atoms with Gasteiger partial charge in [-0.2, -0.15) is 26.3 Å². The van der Waals surface area contributed by atoms with Crippen molar-refractivity contribution < 1.29 is 31.1 Å². The Bertz CT molecular complexity index is 1060. The highest BCUT2D eigenvalue weighted by Crippen LogP contribution is 2.33. The SMILES string of the molecule is C=CC(=O)NCc1nc(-c2ccc(C(F)(F)F)cc2)n2cc(C(F)(F)F)ccc12. The predicted octanol–water partition coefficient (Wildman–Crippen LogP) is 4.84. The molecule has 0 unspecified atom stereocenters. The van der Waals surface area contributed by atoms with Gasteiger partial charge in [-0.1, -0.05) is 18.7 Å². The molecule has 0 spiro atoms. The lowest BCUT2D eigenvalue weighted by Crippen LogP contribution is -2.20. The topological polar surface area (TPSA) is 46.4 Å². The number of halogens is 6. The second-order valence-electron chi connectivity index (χ2n) is 6.05. The van der Waals surface area contributed by atoms with E-state index in [0.29, 0.717) is 0 Å². The molecule has 0 aliphatic carbocycles. The first-order valence-electron chi connectivity index (χ1n) is 8.17. The second kappa shape index (κ2) is 7.26. The Labute approximate surface area is 160 Å². The number of nitrogens with zero attached hydrogens (tertiary/aromatic N) is 2. The van der Waals surface area contributed by atoms with Crippen molar-refractivity contribution in [1.82, 2.24) is 14.7 Å². The fraction of sp³-hybridized carbons (Fsp3) is 0.158. The second-order valence-corrected chi connectivity index (χ2v) is 6.05. The van der Waals surface area contributed by atoms with Gasteiger partial charge in [-0.3, -0.25) is 9.20 Å². The lowest BCUT2D eigenvalue weighted by Gasteiger charge is -2.09. The van der Waals surface area contributed by atoms with Crippen LogP contribution in [0.25, 0.3) is 16.9 Å². The minimum absolute atomic E-state index is 0.0164. The predicted molar refractivity (Wildman–Crippen MR) is 92.7 cm³/mol. The van der Waals surface area contributed by atoms with Gasteiger partial charge in [0, 0.05) is 11.8 Å². The summed E-state index contributed by atoms with van der Waals surface area (Å²) in [6.07, 6.45) is -7.32. The number of hydrogen-bond donors (Lipinski definition) is 1. The van der Waals surface area contributed by atoms with Gasteiger partial charge in [-0.15, -0.1) is 0 Å². The van der Waals surface area contributed by atoms with Crippen molar-refractivity contribution in [3.8, 4) is 11.4 Å². The van der Waals surface area contributed by atoms with Crippen LogP contribution >= 0.6 is 0 Å². The third kappa shape index (κ3) is 4.25. The van der Waals surface area contributed by atoms with Crippen molar-refractivity contribution in [2.24, 2.45) is 0 Å². The largest absolute Gasteiger partial charge is 0.417 e. The first-order chi connectivity index (χ1) is 13.5. The van der Waals surface area contributed by atoms with Gasteiger partial charge in [0.2, 0.25) is 5.91 Å². The van der Waals surface area contributed by atoms with Gasteiger partial charge < -0.3 is 5.32 Å². The number of imidazole rings is 1. The molecule has 3 rings (SSSR count). The zero-order valence-electron chi connectivity index (χ0n) is 14.6. The van der Waals surface area contributed by atoms with Gasteiger partial charge in [0.25, 0.3) is 0 Å². The summed E-state index contributed by atoms with van der Waals surface area (Å²) >= 11 is 0. The minimum Gasteiger partial charge on any atom is -0.347 e. The monoisotopic (exact) mass is 413 g/mol. The lowest BCUT2D eigenvalue weighted by atomic mass is 10.1. The Balaban J connectivity index is 2.13. The highest BCUT2D eigenvalue weighted by Gasteiger charge is 2.32. The average Bonchev–Trinajstić information content (AvgIpc) is 3.03. The average molecular weight is 413 g/mol. The number of nitrogens with one attached hydrogen (secondary N) is 1. The van der Waals surface area contributed by atoms with E-state index in [0.717, 1.165) is 47.0 Å². The number of alkyl halides is 6. The van der Waals surface area contributed by atoms with E-state index >= 15 is 0 Å². The Hall–Kier alpha value is -3.30. The van der Waals surface area contributed by atoms with E-state index in [-0.39, 0.29) is 29.1 Å². The molecule has 0 aliphatic rings. The molecule has 3 aromatic rings. The van der Waals surface area contributed by atoms with E-state index in [1.807, 2.05) is 0 Å². The quantitative estimate of drug-likeness (QED) is 0.492. The van der Waals surface area contributed by atoms with Crippen molar-refractivity contribution in [2.45, 2.75) is 18.9 Å². The van der Waals surface area contributed by atoms with E-state index in [2.05, 4.69) is 16.9 Å². The molecule has 10 heteroatoms.